The minimum Gasteiger partial charge on any atom is -0.479 e. The molecule has 0 heterocycles. The van der Waals surface area contributed by atoms with Crippen LogP contribution in [0.25, 0.3) is 0 Å². The van der Waals surface area contributed by atoms with Crippen molar-refractivity contribution in [3.63, 3.8) is 0 Å². The number of ether oxygens (including phenoxy) is 1. The molecule has 2 aromatic carbocycles. The normalized spacial score (nSPS) is 11.9. The molecule has 1 unspecified atom stereocenters. The van der Waals surface area contributed by atoms with Crippen LogP contribution in [0.1, 0.15) is 18.1 Å². The van der Waals surface area contributed by atoms with E-state index in [1.165, 1.54) is 0 Å². The highest BCUT2D eigenvalue weighted by atomic mass is 79.9. The SMILES string of the molecule is Cc1c(Br)ccc(NC(=O)C(C)Oc2ccc(Cl)cc2Cl)c1C. The topological polar surface area (TPSA) is 38.3 Å². The summed E-state index contributed by atoms with van der Waals surface area (Å²) in [5.74, 6) is 0.170. The minimum absolute atomic E-state index is 0.249. The number of hydrogen-bond acceptors (Lipinski definition) is 2. The van der Waals surface area contributed by atoms with E-state index in [9.17, 15) is 4.79 Å². The molecular weight excluding hydrogens is 401 g/mol. The summed E-state index contributed by atoms with van der Waals surface area (Å²) in [7, 11) is 0. The fourth-order valence-electron chi connectivity index (χ4n) is 1.97. The Balaban J connectivity index is 2.10. The molecule has 6 heteroatoms. The van der Waals surface area contributed by atoms with E-state index in [0.717, 1.165) is 21.3 Å². The molecule has 3 nitrogen and oxygen atoms in total. The Hall–Kier alpha value is -1.23. The number of halogens is 3. The molecule has 1 amide bonds. The van der Waals surface area contributed by atoms with E-state index in [2.05, 4.69) is 21.2 Å². The van der Waals surface area contributed by atoms with Crippen LogP contribution in [-0.4, -0.2) is 12.0 Å². The van der Waals surface area contributed by atoms with Gasteiger partial charge in [-0.15, -0.1) is 0 Å². The van der Waals surface area contributed by atoms with Gasteiger partial charge in [-0.1, -0.05) is 39.1 Å². The average molecular weight is 417 g/mol. The summed E-state index contributed by atoms with van der Waals surface area (Å²) in [5.41, 5.74) is 2.84. The molecule has 0 aromatic heterocycles. The molecule has 23 heavy (non-hydrogen) atoms. The third-order valence-corrected chi connectivity index (χ3v) is 4.94. The quantitative estimate of drug-likeness (QED) is 0.685. The van der Waals surface area contributed by atoms with E-state index in [-0.39, 0.29) is 5.91 Å². The van der Waals surface area contributed by atoms with Gasteiger partial charge in [0.2, 0.25) is 0 Å². The number of carbonyl (C=O) groups is 1. The molecule has 0 saturated heterocycles. The highest BCUT2D eigenvalue weighted by Crippen LogP contribution is 2.29. The van der Waals surface area contributed by atoms with Crippen LogP contribution in [0.4, 0.5) is 5.69 Å². The molecule has 0 bridgehead atoms. The van der Waals surface area contributed by atoms with E-state index >= 15 is 0 Å². The van der Waals surface area contributed by atoms with Crippen molar-refractivity contribution in [2.24, 2.45) is 0 Å². The van der Waals surface area contributed by atoms with Gasteiger partial charge in [-0.25, -0.2) is 0 Å². The fraction of sp³-hybridized carbons (Fsp3) is 0.235. The predicted molar refractivity (Wildman–Crippen MR) is 98.8 cm³/mol. The molecule has 1 atom stereocenters. The van der Waals surface area contributed by atoms with E-state index in [1.54, 1.807) is 25.1 Å². The van der Waals surface area contributed by atoms with Crippen LogP contribution in [-0.2, 0) is 4.79 Å². The van der Waals surface area contributed by atoms with Gasteiger partial charge < -0.3 is 10.1 Å². The highest BCUT2D eigenvalue weighted by molar-refractivity contribution is 9.10. The second-order valence-corrected chi connectivity index (χ2v) is 6.87. The molecular formula is C17H16BrCl2NO2. The van der Waals surface area contributed by atoms with Crippen LogP contribution in [0.5, 0.6) is 5.75 Å². The largest absolute Gasteiger partial charge is 0.479 e. The predicted octanol–water partition coefficient (Wildman–Crippen LogP) is 5.78. The standard InChI is InChI=1S/C17H16BrCl2NO2/c1-9-10(2)15(6-5-13(9)18)21-17(22)11(3)23-16-7-4-12(19)8-14(16)20/h4-8,11H,1-3H3,(H,21,22). The third kappa shape index (κ3) is 4.40. The molecule has 0 radical (unpaired) electrons. The molecule has 0 fully saturated rings. The molecule has 0 aliphatic heterocycles. The van der Waals surface area contributed by atoms with Crippen molar-refractivity contribution in [2.75, 3.05) is 5.32 Å². The first kappa shape index (κ1) is 18.1. The highest BCUT2D eigenvalue weighted by Gasteiger charge is 2.18. The second-order valence-electron chi connectivity index (χ2n) is 5.17. The monoisotopic (exact) mass is 415 g/mol. The Labute approximate surface area is 154 Å². The Kier molecular flexibility index (Phi) is 5.95. The lowest BCUT2D eigenvalue weighted by molar-refractivity contribution is -0.122. The molecule has 2 aromatic rings. The van der Waals surface area contributed by atoms with Crippen molar-refractivity contribution in [3.8, 4) is 5.75 Å². The van der Waals surface area contributed by atoms with Crippen molar-refractivity contribution < 1.29 is 9.53 Å². The van der Waals surface area contributed by atoms with Gasteiger partial charge in [-0.3, -0.25) is 4.79 Å². The Bertz CT molecular complexity index is 750. The van der Waals surface area contributed by atoms with Gasteiger partial charge in [-0.2, -0.15) is 0 Å². The van der Waals surface area contributed by atoms with Crippen molar-refractivity contribution in [2.45, 2.75) is 26.9 Å². The zero-order valence-electron chi connectivity index (χ0n) is 12.9. The van der Waals surface area contributed by atoms with Gasteiger partial charge in [0, 0.05) is 15.2 Å². The van der Waals surface area contributed by atoms with E-state index < -0.39 is 6.10 Å². The lowest BCUT2D eigenvalue weighted by Gasteiger charge is -2.17. The molecule has 0 spiro atoms. The third-order valence-electron chi connectivity index (χ3n) is 3.55. The average Bonchev–Trinajstić information content (AvgIpc) is 2.50. The van der Waals surface area contributed by atoms with Crippen LogP contribution in [0.15, 0.2) is 34.8 Å². The van der Waals surface area contributed by atoms with Crippen LogP contribution < -0.4 is 10.1 Å². The van der Waals surface area contributed by atoms with Crippen LogP contribution in [0.3, 0.4) is 0 Å². The molecule has 1 N–H and O–H groups in total. The second kappa shape index (κ2) is 7.56. The first-order valence-corrected chi connectivity index (χ1v) is 8.52. The summed E-state index contributed by atoms with van der Waals surface area (Å²) in [6.45, 7) is 5.61. The van der Waals surface area contributed by atoms with E-state index in [0.29, 0.717) is 15.8 Å². The number of anilines is 1. The summed E-state index contributed by atoms with van der Waals surface area (Å²) >= 11 is 15.4. The van der Waals surface area contributed by atoms with Crippen molar-refractivity contribution in [1.82, 2.24) is 0 Å². The van der Waals surface area contributed by atoms with Gasteiger partial charge in [-0.05, 0) is 62.2 Å². The zero-order valence-corrected chi connectivity index (χ0v) is 16.0. The van der Waals surface area contributed by atoms with E-state index in [4.69, 9.17) is 27.9 Å². The number of hydrogen-bond donors (Lipinski definition) is 1. The van der Waals surface area contributed by atoms with Crippen molar-refractivity contribution >= 4 is 50.7 Å². The van der Waals surface area contributed by atoms with Crippen LogP contribution in [0, 0.1) is 13.8 Å². The molecule has 0 saturated carbocycles. The van der Waals surface area contributed by atoms with E-state index in [1.807, 2.05) is 26.0 Å². The van der Waals surface area contributed by atoms with Crippen molar-refractivity contribution in [1.29, 1.82) is 0 Å². The smallest absolute Gasteiger partial charge is 0.265 e. The summed E-state index contributed by atoms with van der Waals surface area (Å²) in [6, 6.07) is 8.64. The molecule has 0 aliphatic carbocycles. The first-order valence-electron chi connectivity index (χ1n) is 6.98. The lowest BCUT2D eigenvalue weighted by atomic mass is 10.1. The van der Waals surface area contributed by atoms with Gasteiger partial charge in [0.25, 0.3) is 5.91 Å². The minimum atomic E-state index is -0.697. The van der Waals surface area contributed by atoms with Crippen LogP contribution in [0.2, 0.25) is 10.0 Å². The van der Waals surface area contributed by atoms with Gasteiger partial charge in [0.15, 0.2) is 6.10 Å². The number of benzene rings is 2. The summed E-state index contributed by atoms with van der Waals surface area (Å²) in [5, 5.41) is 3.76. The summed E-state index contributed by atoms with van der Waals surface area (Å²) < 4.78 is 6.62. The molecule has 122 valence electrons. The number of carbonyl (C=O) groups excluding carboxylic acids is 1. The Morgan fingerprint density at radius 2 is 1.87 bits per heavy atom. The van der Waals surface area contributed by atoms with Crippen molar-refractivity contribution in [3.05, 3.63) is 56.0 Å². The zero-order chi connectivity index (χ0) is 17.1. The Morgan fingerprint density at radius 1 is 1.17 bits per heavy atom. The lowest BCUT2D eigenvalue weighted by Crippen LogP contribution is -2.30. The maximum absolute atomic E-state index is 12.3. The number of amides is 1. The Morgan fingerprint density at radius 3 is 2.52 bits per heavy atom. The molecule has 2 rings (SSSR count). The van der Waals surface area contributed by atoms with Gasteiger partial charge >= 0.3 is 0 Å². The first-order chi connectivity index (χ1) is 10.8. The fourth-order valence-corrected chi connectivity index (χ4v) is 2.85. The maximum Gasteiger partial charge on any atom is 0.265 e. The summed E-state index contributed by atoms with van der Waals surface area (Å²) in [6.07, 6.45) is -0.697. The number of nitrogens with one attached hydrogen (secondary N) is 1. The van der Waals surface area contributed by atoms with Gasteiger partial charge in [0.05, 0.1) is 5.02 Å². The van der Waals surface area contributed by atoms with Gasteiger partial charge in [0.1, 0.15) is 5.75 Å². The molecule has 0 aliphatic rings. The van der Waals surface area contributed by atoms with Crippen LogP contribution >= 0.6 is 39.1 Å². The number of rotatable bonds is 4. The maximum atomic E-state index is 12.3. The summed E-state index contributed by atoms with van der Waals surface area (Å²) in [4.78, 5) is 12.3.